The Morgan fingerprint density at radius 1 is 1.18 bits per heavy atom. The number of hydrogen-bond acceptors (Lipinski definition) is 3. The second kappa shape index (κ2) is 7.87. The van der Waals surface area contributed by atoms with Gasteiger partial charge in [0, 0.05) is 19.5 Å². The Balaban J connectivity index is 1.72. The Hall–Kier alpha value is -1.98. The molecule has 1 fully saturated rings. The van der Waals surface area contributed by atoms with Crippen LogP contribution in [0, 0.1) is 5.92 Å². The van der Waals surface area contributed by atoms with E-state index in [9.17, 15) is 18.4 Å². The minimum absolute atomic E-state index is 0.0697. The third kappa shape index (κ3) is 4.79. The van der Waals surface area contributed by atoms with Crippen LogP contribution in [0.25, 0.3) is 0 Å². The molecular weight excluding hydrogens is 292 g/mol. The molecule has 1 aliphatic heterocycles. The molecule has 0 saturated carbocycles. The quantitative estimate of drug-likeness (QED) is 0.838. The van der Waals surface area contributed by atoms with Gasteiger partial charge in [-0.25, -0.2) is 13.6 Å². The van der Waals surface area contributed by atoms with Gasteiger partial charge >= 0.3 is 6.09 Å². The van der Waals surface area contributed by atoms with E-state index in [2.05, 4.69) is 0 Å². The highest BCUT2D eigenvalue weighted by Crippen LogP contribution is 2.22. The Labute approximate surface area is 128 Å². The lowest BCUT2D eigenvalue weighted by molar-refractivity contribution is -0.130. The van der Waals surface area contributed by atoms with Gasteiger partial charge in [0.15, 0.2) is 5.78 Å². The third-order valence-electron chi connectivity index (χ3n) is 3.81. The number of rotatable bonds is 5. The van der Waals surface area contributed by atoms with Crippen LogP contribution in [0.3, 0.4) is 0 Å². The van der Waals surface area contributed by atoms with E-state index in [0.29, 0.717) is 25.9 Å². The lowest BCUT2D eigenvalue weighted by atomic mass is 9.92. The maximum Gasteiger partial charge on any atom is 0.410 e. The van der Waals surface area contributed by atoms with E-state index < -0.39 is 18.3 Å². The van der Waals surface area contributed by atoms with Gasteiger partial charge in [-0.3, -0.25) is 4.79 Å². The first-order valence-corrected chi connectivity index (χ1v) is 7.32. The number of Topliss-reactive ketones (excluding diaryl/α,β-unsaturated/α-hetero) is 1. The zero-order valence-electron chi connectivity index (χ0n) is 12.2. The molecule has 1 aliphatic rings. The Morgan fingerprint density at radius 3 is 2.41 bits per heavy atom. The summed E-state index contributed by atoms with van der Waals surface area (Å²) in [4.78, 5) is 24.5. The fourth-order valence-corrected chi connectivity index (χ4v) is 2.50. The lowest BCUT2D eigenvalue weighted by Crippen LogP contribution is -2.39. The number of nitrogens with zero attached hydrogens (tertiary/aromatic N) is 1. The fraction of sp³-hybridized carbons (Fsp3) is 0.500. The van der Waals surface area contributed by atoms with Crippen LogP contribution >= 0.6 is 0 Å². The number of carbonyl (C=O) groups excluding carboxylic acids is 2. The van der Waals surface area contributed by atoms with Crippen molar-refractivity contribution in [2.45, 2.75) is 32.3 Å². The van der Waals surface area contributed by atoms with E-state index >= 15 is 0 Å². The number of carbonyl (C=O) groups is 2. The van der Waals surface area contributed by atoms with Crippen LogP contribution in [0.5, 0.6) is 0 Å². The van der Waals surface area contributed by atoms with Crippen molar-refractivity contribution in [3.63, 3.8) is 0 Å². The van der Waals surface area contributed by atoms with Crippen LogP contribution in [-0.4, -0.2) is 36.3 Å². The first-order chi connectivity index (χ1) is 10.6. The van der Waals surface area contributed by atoms with Gasteiger partial charge in [0.2, 0.25) is 0 Å². The average molecular weight is 311 g/mol. The van der Waals surface area contributed by atoms with Crippen molar-refractivity contribution in [1.29, 1.82) is 0 Å². The summed E-state index contributed by atoms with van der Waals surface area (Å²) in [6, 6.07) is 9.37. The van der Waals surface area contributed by atoms with Crippen molar-refractivity contribution in [1.82, 2.24) is 4.90 Å². The standard InChI is InChI=1S/C16H19F2NO3/c17-15(18)14(20)10-12-6-8-19(9-7-12)16(21)22-11-13-4-2-1-3-5-13/h1-5,12,15H,6-11H2. The minimum Gasteiger partial charge on any atom is -0.445 e. The zero-order valence-corrected chi connectivity index (χ0v) is 12.2. The highest BCUT2D eigenvalue weighted by atomic mass is 19.3. The predicted molar refractivity (Wildman–Crippen MR) is 76.6 cm³/mol. The number of amides is 1. The normalized spacial score (nSPS) is 15.9. The highest BCUT2D eigenvalue weighted by molar-refractivity contribution is 5.81. The van der Waals surface area contributed by atoms with Gasteiger partial charge in [0.05, 0.1) is 0 Å². The zero-order chi connectivity index (χ0) is 15.9. The molecule has 0 radical (unpaired) electrons. The van der Waals surface area contributed by atoms with E-state index in [1.165, 1.54) is 0 Å². The first kappa shape index (κ1) is 16.4. The summed E-state index contributed by atoms with van der Waals surface area (Å²) in [6.45, 7) is 1.09. The second-order valence-electron chi connectivity index (χ2n) is 5.44. The van der Waals surface area contributed by atoms with E-state index in [1.54, 1.807) is 4.90 Å². The van der Waals surface area contributed by atoms with Crippen molar-refractivity contribution in [2.75, 3.05) is 13.1 Å². The molecule has 4 nitrogen and oxygen atoms in total. The smallest absolute Gasteiger partial charge is 0.410 e. The maximum atomic E-state index is 12.2. The summed E-state index contributed by atoms with van der Waals surface area (Å²) >= 11 is 0. The number of halogens is 2. The van der Waals surface area contributed by atoms with E-state index in [1.807, 2.05) is 30.3 Å². The number of hydrogen-bond donors (Lipinski definition) is 0. The molecule has 0 atom stereocenters. The predicted octanol–water partition coefficient (Wildman–Crippen LogP) is 3.26. The summed E-state index contributed by atoms with van der Waals surface area (Å²) in [6.07, 6.45) is -2.29. The van der Waals surface area contributed by atoms with Crippen molar-refractivity contribution in [2.24, 2.45) is 5.92 Å². The van der Waals surface area contributed by atoms with Gasteiger partial charge in [-0.2, -0.15) is 0 Å². The number of alkyl halides is 2. The fourth-order valence-electron chi connectivity index (χ4n) is 2.50. The van der Waals surface area contributed by atoms with Crippen molar-refractivity contribution >= 4 is 11.9 Å². The summed E-state index contributed by atoms with van der Waals surface area (Å²) in [5.74, 6) is -1.08. The van der Waals surface area contributed by atoms with Crippen LogP contribution in [0.4, 0.5) is 13.6 Å². The van der Waals surface area contributed by atoms with Gasteiger partial charge in [-0.05, 0) is 24.3 Å². The molecule has 1 saturated heterocycles. The monoisotopic (exact) mass is 311 g/mol. The van der Waals surface area contributed by atoms with Crippen molar-refractivity contribution in [3.05, 3.63) is 35.9 Å². The van der Waals surface area contributed by atoms with E-state index in [4.69, 9.17) is 4.74 Å². The van der Waals surface area contributed by atoms with Crippen LogP contribution in [0.2, 0.25) is 0 Å². The minimum atomic E-state index is -2.89. The molecule has 0 unspecified atom stereocenters. The van der Waals surface area contributed by atoms with Crippen LogP contribution in [-0.2, 0) is 16.1 Å². The summed E-state index contributed by atoms with van der Waals surface area (Å²) in [7, 11) is 0. The largest absolute Gasteiger partial charge is 0.445 e. The van der Waals surface area contributed by atoms with E-state index in [0.717, 1.165) is 5.56 Å². The molecule has 1 aromatic rings. The molecule has 1 heterocycles. The molecule has 0 aliphatic carbocycles. The number of piperidine rings is 1. The molecule has 0 spiro atoms. The van der Waals surface area contributed by atoms with Crippen LogP contribution in [0.15, 0.2) is 30.3 Å². The Kier molecular flexibility index (Phi) is 5.86. The number of ketones is 1. The second-order valence-corrected chi connectivity index (χ2v) is 5.44. The maximum absolute atomic E-state index is 12.2. The van der Waals surface area contributed by atoms with Gasteiger partial charge < -0.3 is 9.64 Å². The summed E-state index contributed by atoms with van der Waals surface area (Å²) in [5, 5.41) is 0. The molecule has 6 heteroatoms. The molecule has 1 amide bonds. The van der Waals surface area contributed by atoms with Crippen molar-refractivity contribution < 1.29 is 23.1 Å². The molecule has 22 heavy (non-hydrogen) atoms. The SMILES string of the molecule is O=C(CC1CCN(C(=O)OCc2ccccc2)CC1)C(F)F. The molecule has 1 aromatic carbocycles. The number of benzene rings is 1. The van der Waals surface area contributed by atoms with Gasteiger partial charge in [-0.15, -0.1) is 0 Å². The van der Waals surface area contributed by atoms with E-state index in [-0.39, 0.29) is 18.9 Å². The Bertz CT molecular complexity index is 499. The summed E-state index contributed by atoms with van der Waals surface area (Å²) < 4.78 is 29.7. The van der Waals surface area contributed by atoms with Crippen LogP contribution in [0.1, 0.15) is 24.8 Å². The number of ether oxygens (including phenoxy) is 1. The Morgan fingerprint density at radius 2 is 1.82 bits per heavy atom. The number of likely N-dealkylation sites (tertiary alicyclic amines) is 1. The van der Waals surface area contributed by atoms with Crippen LogP contribution < -0.4 is 0 Å². The average Bonchev–Trinajstić information content (AvgIpc) is 2.54. The van der Waals surface area contributed by atoms with Gasteiger partial charge in [-0.1, -0.05) is 30.3 Å². The lowest BCUT2D eigenvalue weighted by Gasteiger charge is -2.31. The molecule has 120 valence electrons. The molecule has 0 aromatic heterocycles. The van der Waals surface area contributed by atoms with Crippen molar-refractivity contribution in [3.8, 4) is 0 Å². The molecule has 2 rings (SSSR count). The summed E-state index contributed by atoms with van der Waals surface area (Å²) in [5.41, 5.74) is 0.910. The highest BCUT2D eigenvalue weighted by Gasteiger charge is 2.27. The van der Waals surface area contributed by atoms with Gasteiger partial charge in [0.25, 0.3) is 6.43 Å². The van der Waals surface area contributed by atoms with Gasteiger partial charge in [0.1, 0.15) is 6.61 Å². The molecule has 0 N–H and O–H groups in total. The third-order valence-corrected chi connectivity index (χ3v) is 3.81. The molecular formula is C16H19F2NO3. The molecule has 0 bridgehead atoms. The first-order valence-electron chi connectivity index (χ1n) is 7.32. The topological polar surface area (TPSA) is 46.6 Å².